The van der Waals surface area contributed by atoms with Crippen LogP contribution in [0.2, 0.25) is 0 Å². The van der Waals surface area contributed by atoms with E-state index in [9.17, 15) is 4.79 Å². The summed E-state index contributed by atoms with van der Waals surface area (Å²) in [6, 6.07) is 8.31. The fourth-order valence-electron chi connectivity index (χ4n) is 2.95. The first-order valence-electron chi connectivity index (χ1n) is 8.55. The van der Waals surface area contributed by atoms with Gasteiger partial charge in [0.25, 0.3) is 5.91 Å². The van der Waals surface area contributed by atoms with Crippen molar-refractivity contribution in [3.05, 3.63) is 29.8 Å². The van der Waals surface area contributed by atoms with Gasteiger partial charge in [-0.05, 0) is 44.0 Å². The third-order valence-corrected chi connectivity index (χ3v) is 4.36. The molecule has 1 aromatic rings. The van der Waals surface area contributed by atoms with Crippen LogP contribution in [0.3, 0.4) is 0 Å². The second-order valence-corrected chi connectivity index (χ2v) is 5.93. The summed E-state index contributed by atoms with van der Waals surface area (Å²) in [5.74, 6) is -0.228. The van der Waals surface area contributed by atoms with Crippen LogP contribution in [0.25, 0.3) is 0 Å². The lowest BCUT2D eigenvalue weighted by Gasteiger charge is -2.33. The number of rotatable bonds is 8. The van der Waals surface area contributed by atoms with Gasteiger partial charge in [-0.2, -0.15) is 0 Å². The van der Waals surface area contributed by atoms with Crippen LogP contribution in [-0.2, 0) is 9.57 Å². The normalized spacial score (nSPS) is 15.4. The van der Waals surface area contributed by atoms with E-state index in [0.717, 1.165) is 5.69 Å². The fraction of sp³-hybridized carbons (Fsp3) is 0.611. The van der Waals surface area contributed by atoms with Crippen molar-refractivity contribution in [1.82, 2.24) is 5.48 Å². The molecule has 1 amide bonds. The molecule has 0 saturated heterocycles. The molecule has 0 aliphatic heterocycles. The fourth-order valence-corrected chi connectivity index (χ4v) is 2.95. The Morgan fingerprint density at radius 1 is 1.17 bits per heavy atom. The minimum atomic E-state index is -0.228. The van der Waals surface area contributed by atoms with Crippen molar-refractivity contribution in [2.24, 2.45) is 0 Å². The average Bonchev–Trinajstić information content (AvgIpc) is 2.61. The Kier molecular flexibility index (Phi) is 7.36. The number of benzene rings is 1. The van der Waals surface area contributed by atoms with Gasteiger partial charge in [0.1, 0.15) is 0 Å². The molecular formula is C18H28N2O3. The number of hydrogen-bond donors (Lipinski definition) is 1. The summed E-state index contributed by atoms with van der Waals surface area (Å²) in [6.45, 7) is 3.39. The number of anilines is 1. The van der Waals surface area contributed by atoms with Crippen LogP contribution in [0, 0.1) is 0 Å². The second kappa shape index (κ2) is 9.53. The third kappa shape index (κ3) is 5.52. The standard InChI is InChI=1S/C18H28N2O3/c1-3-22-13-14-23-19-18(21)15-9-11-17(12-10-15)20(2)16-7-5-4-6-8-16/h9-12,16H,3-8,13-14H2,1-2H3,(H,19,21). The Balaban J connectivity index is 1.82. The minimum absolute atomic E-state index is 0.228. The number of nitrogens with one attached hydrogen (secondary N) is 1. The van der Waals surface area contributed by atoms with Gasteiger partial charge in [-0.15, -0.1) is 0 Å². The molecule has 1 saturated carbocycles. The predicted molar refractivity (Wildman–Crippen MR) is 91.6 cm³/mol. The molecule has 1 aliphatic carbocycles. The summed E-state index contributed by atoms with van der Waals surface area (Å²) < 4.78 is 5.14. The number of carbonyl (C=O) groups excluding carboxylic acids is 1. The lowest BCUT2D eigenvalue weighted by Crippen LogP contribution is -2.33. The molecule has 1 aromatic carbocycles. The zero-order valence-corrected chi connectivity index (χ0v) is 14.2. The van der Waals surface area contributed by atoms with Crippen LogP contribution in [0.1, 0.15) is 49.4 Å². The molecule has 0 atom stereocenters. The SMILES string of the molecule is CCOCCONC(=O)c1ccc(N(C)C2CCCCC2)cc1. The second-order valence-electron chi connectivity index (χ2n) is 5.93. The van der Waals surface area contributed by atoms with E-state index in [-0.39, 0.29) is 5.91 Å². The van der Waals surface area contributed by atoms with Gasteiger partial charge in [-0.1, -0.05) is 19.3 Å². The number of ether oxygens (including phenoxy) is 1. The number of hydroxylamine groups is 1. The zero-order chi connectivity index (χ0) is 16.5. The van der Waals surface area contributed by atoms with E-state index >= 15 is 0 Å². The highest BCUT2D eigenvalue weighted by atomic mass is 16.7. The molecule has 2 rings (SSSR count). The van der Waals surface area contributed by atoms with E-state index in [4.69, 9.17) is 9.57 Å². The van der Waals surface area contributed by atoms with E-state index in [1.807, 2.05) is 31.2 Å². The Labute approximate surface area is 138 Å². The average molecular weight is 320 g/mol. The number of amides is 1. The monoisotopic (exact) mass is 320 g/mol. The molecule has 0 radical (unpaired) electrons. The molecule has 1 N–H and O–H groups in total. The van der Waals surface area contributed by atoms with E-state index in [1.165, 1.54) is 32.1 Å². The summed E-state index contributed by atoms with van der Waals surface area (Å²) in [5, 5.41) is 0. The predicted octanol–water partition coefficient (Wildman–Crippen LogP) is 3.15. The van der Waals surface area contributed by atoms with Crippen LogP contribution in [0.4, 0.5) is 5.69 Å². The molecule has 1 aliphatic rings. The molecule has 5 heteroatoms. The summed E-state index contributed by atoms with van der Waals surface area (Å²) in [7, 11) is 2.14. The van der Waals surface area contributed by atoms with Crippen molar-refractivity contribution in [2.75, 3.05) is 31.8 Å². The molecule has 5 nitrogen and oxygen atoms in total. The van der Waals surface area contributed by atoms with E-state index in [1.54, 1.807) is 0 Å². The van der Waals surface area contributed by atoms with Crippen LogP contribution in [0.5, 0.6) is 0 Å². The van der Waals surface area contributed by atoms with E-state index < -0.39 is 0 Å². The minimum Gasteiger partial charge on any atom is -0.379 e. The van der Waals surface area contributed by atoms with Crippen molar-refractivity contribution in [3.63, 3.8) is 0 Å². The zero-order valence-electron chi connectivity index (χ0n) is 14.2. The Morgan fingerprint density at radius 2 is 1.87 bits per heavy atom. The van der Waals surface area contributed by atoms with Crippen molar-refractivity contribution in [3.8, 4) is 0 Å². The molecular weight excluding hydrogens is 292 g/mol. The lowest BCUT2D eigenvalue weighted by atomic mass is 9.94. The van der Waals surface area contributed by atoms with Crippen LogP contribution in [-0.4, -0.2) is 38.8 Å². The van der Waals surface area contributed by atoms with Gasteiger partial charge in [0, 0.05) is 30.9 Å². The van der Waals surface area contributed by atoms with Gasteiger partial charge >= 0.3 is 0 Å². The first-order chi connectivity index (χ1) is 11.2. The van der Waals surface area contributed by atoms with Crippen molar-refractivity contribution < 1.29 is 14.4 Å². The van der Waals surface area contributed by atoms with Gasteiger partial charge in [-0.3, -0.25) is 9.63 Å². The molecule has 0 aromatic heterocycles. The maximum absolute atomic E-state index is 12.0. The molecule has 0 spiro atoms. The van der Waals surface area contributed by atoms with Crippen molar-refractivity contribution in [1.29, 1.82) is 0 Å². The first-order valence-corrected chi connectivity index (χ1v) is 8.55. The largest absolute Gasteiger partial charge is 0.379 e. The first kappa shape index (κ1) is 17.8. The Hall–Kier alpha value is -1.59. The quantitative estimate of drug-likeness (QED) is 0.590. The maximum atomic E-state index is 12.0. The molecule has 0 heterocycles. The van der Waals surface area contributed by atoms with Gasteiger partial charge in [0.05, 0.1) is 13.2 Å². The van der Waals surface area contributed by atoms with Crippen LogP contribution >= 0.6 is 0 Å². The summed E-state index contributed by atoms with van der Waals surface area (Å²) in [6.07, 6.45) is 6.49. The van der Waals surface area contributed by atoms with E-state index in [2.05, 4.69) is 17.4 Å². The van der Waals surface area contributed by atoms with Gasteiger partial charge in [0.15, 0.2) is 0 Å². The summed E-state index contributed by atoms with van der Waals surface area (Å²) in [4.78, 5) is 19.4. The van der Waals surface area contributed by atoms with Crippen molar-refractivity contribution >= 4 is 11.6 Å². The number of carbonyl (C=O) groups is 1. The Morgan fingerprint density at radius 3 is 2.52 bits per heavy atom. The number of hydrogen-bond acceptors (Lipinski definition) is 4. The van der Waals surface area contributed by atoms with Gasteiger partial charge in [-0.25, -0.2) is 5.48 Å². The molecule has 23 heavy (non-hydrogen) atoms. The molecule has 0 unspecified atom stereocenters. The van der Waals surface area contributed by atoms with Crippen molar-refractivity contribution in [2.45, 2.75) is 45.1 Å². The van der Waals surface area contributed by atoms with E-state index in [0.29, 0.717) is 31.4 Å². The highest BCUT2D eigenvalue weighted by Crippen LogP contribution is 2.26. The number of nitrogens with zero attached hydrogens (tertiary/aromatic N) is 1. The third-order valence-electron chi connectivity index (χ3n) is 4.36. The highest BCUT2D eigenvalue weighted by Gasteiger charge is 2.18. The van der Waals surface area contributed by atoms with Gasteiger partial charge < -0.3 is 9.64 Å². The lowest BCUT2D eigenvalue weighted by molar-refractivity contribution is 0.00166. The smallest absolute Gasteiger partial charge is 0.274 e. The highest BCUT2D eigenvalue weighted by molar-refractivity contribution is 5.93. The van der Waals surface area contributed by atoms with Gasteiger partial charge in [0.2, 0.25) is 0 Å². The molecule has 0 bridgehead atoms. The summed E-state index contributed by atoms with van der Waals surface area (Å²) in [5.41, 5.74) is 4.19. The van der Waals surface area contributed by atoms with Crippen LogP contribution in [0.15, 0.2) is 24.3 Å². The summed E-state index contributed by atoms with van der Waals surface area (Å²) >= 11 is 0. The maximum Gasteiger partial charge on any atom is 0.274 e. The Bertz CT molecular complexity index is 470. The molecule has 1 fully saturated rings. The van der Waals surface area contributed by atoms with Crippen LogP contribution < -0.4 is 10.4 Å². The molecule has 128 valence electrons. The topological polar surface area (TPSA) is 50.8 Å².